The summed E-state index contributed by atoms with van der Waals surface area (Å²) in [5.41, 5.74) is 2.75. The lowest BCUT2D eigenvalue weighted by Gasteiger charge is -2.07. The van der Waals surface area contributed by atoms with Crippen molar-refractivity contribution in [3.63, 3.8) is 0 Å². The first-order valence-electron chi connectivity index (χ1n) is 6.11. The molecule has 0 aliphatic heterocycles. The van der Waals surface area contributed by atoms with Gasteiger partial charge in [-0.2, -0.15) is 5.10 Å². The summed E-state index contributed by atoms with van der Waals surface area (Å²) >= 11 is 4.26. The van der Waals surface area contributed by atoms with E-state index in [-0.39, 0.29) is 5.91 Å². The molecular formula is C14H17N3OS. The topological polar surface area (TPSA) is 46.9 Å². The van der Waals surface area contributed by atoms with Gasteiger partial charge in [-0.05, 0) is 36.6 Å². The van der Waals surface area contributed by atoms with E-state index in [2.05, 4.69) is 23.0 Å². The molecule has 0 spiro atoms. The second kappa shape index (κ2) is 5.93. The fourth-order valence-electron chi connectivity index (χ4n) is 1.87. The Morgan fingerprint density at radius 1 is 1.47 bits per heavy atom. The molecule has 1 aromatic carbocycles. The van der Waals surface area contributed by atoms with Crippen molar-refractivity contribution in [1.29, 1.82) is 0 Å². The van der Waals surface area contributed by atoms with Crippen LogP contribution in [-0.2, 0) is 13.5 Å². The zero-order valence-electron chi connectivity index (χ0n) is 11.1. The van der Waals surface area contributed by atoms with Gasteiger partial charge >= 0.3 is 0 Å². The minimum atomic E-state index is -0.0581. The summed E-state index contributed by atoms with van der Waals surface area (Å²) in [6.45, 7) is 2.52. The maximum Gasteiger partial charge on any atom is 0.251 e. The van der Waals surface area contributed by atoms with Crippen LogP contribution in [0.5, 0.6) is 0 Å². The summed E-state index contributed by atoms with van der Waals surface area (Å²) in [5.74, 6) is -0.0581. The number of amides is 1. The quantitative estimate of drug-likeness (QED) is 0.838. The number of hydrogen-bond acceptors (Lipinski definition) is 3. The lowest BCUT2D eigenvalue weighted by molar-refractivity contribution is 0.0953. The van der Waals surface area contributed by atoms with Gasteiger partial charge in [0.15, 0.2) is 0 Å². The largest absolute Gasteiger partial charge is 0.352 e. The number of benzene rings is 1. The molecule has 0 saturated heterocycles. The molecule has 0 bridgehead atoms. The second-order valence-electron chi connectivity index (χ2n) is 4.53. The van der Waals surface area contributed by atoms with Crippen LogP contribution in [0.1, 0.15) is 21.5 Å². The predicted molar refractivity (Wildman–Crippen MR) is 77.7 cm³/mol. The number of carbonyl (C=O) groups excluding carboxylic acids is 1. The first kappa shape index (κ1) is 13.7. The molecule has 0 saturated carbocycles. The minimum Gasteiger partial charge on any atom is -0.352 e. The van der Waals surface area contributed by atoms with Gasteiger partial charge in [0.05, 0.1) is 6.20 Å². The van der Waals surface area contributed by atoms with E-state index in [9.17, 15) is 4.79 Å². The number of nitrogens with zero attached hydrogens (tertiary/aromatic N) is 2. The Balaban J connectivity index is 1.92. The summed E-state index contributed by atoms with van der Waals surface area (Å²) < 4.78 is 1.76. The number of rotatable bonds is 4. The fourth-order valence-corrected chi connectivity index (χ4v) is 2.07. The van der Waals surface area contributed by atoms with Gasteiger partial charge in [-0.25, -0.2) is 0 Å². The molecule has 0 fully saturated rings. The summed E-state index contributed by atoms with van der Waals surface area (Å²) in [5, 5.41) is 7.01. The Hall–Kier alpha value is -1.75. The minimum absolute atomic E-state index is 0.0581. The van der Waals surface area contributed by atoms with Crippen LogP contribution in [0.4, 0.5) is 0 Å². The molecule has 0 radical (unpaired) electrons. The Morgan fingerprint density at radius 3 is 2.95 bits per heavy atom. The SMILES string of the molecule is Cc1ccc(S)cc1C(=O)NCCc1cnn(C)c1. The number of hydrogen-bond donors (Lipinski definition) is 2. The molecule has 19 heavy (non-hydrogen) atoms. The molecule has 0 aliphatic rings. The highest BCUT2D eigenvalue weighted by Crippen LogP contribution is 2.13. The zero-order valence-corrected chi connectivity index (χ0v) is 11.9. The molecule has 0 atom stereocenters. The lowest BCUT2D eigenvalue weighted by atomic mass is 10.1. The van der Waals surface area contributed by atoms with E-state index in [0.717, 1.165) is 22.4 Å². The number of aromatic nitrogens is 2. The summed E-state index contributed by atoms with van der Waals surface area (Å²) in [6.07, 6.45) is 4.54. The third kappa shape index (κ3) is 3.61. The molecule has 0 unspecified atom stereocenters. The van der Waals surface area contributed by atoms with Crippen LogP contribution in [-0.4, -0.2) is 22.2 Å². The van der Waals surface area contributed by atoms with Gasteiger partial charge in [-0.15, -0.1) is 12.6 Å². The Morgan fingerprint density at radius 2 is 2.26 bits per heavy atom. The van der Waals surface area contributed by atoms with Crippen molar-refractivity contribution in [3.05, 3.63) is 47.3 Å². The standard InChI is InChI=1S/C14H17N3OS/c1-10-3-4-12(19)7-13(10)14(18)15-6-5-11-8-16-17(2)9-11/h3-4,7-9,19H,5-6H2,1-2H3,(H,15,18). The second-order valence-corrected chi connectivity index (χ2v) is 5.04. The first-order chi connectivity index (χ1) is 9.06. The highest BCUT2D eigenvalue weighted by molar-refractivity contribution is 7.80. The smallest absolute Gasteiger partial charge is 0.251 e. The average Bonchev–Trinajstić information content (AvgIpc) is 2.78. The summed E-state index contributed by atoms with van der Waals surface area (Å²) in [6, 6.07) is 5.57. The molecular weight excluding hydrogens is 258 g/mol. The Kier molecular flexibility index (Phi) is 4.27. The number of nitrogens with one attached hydrogen (secondary N) is 1. The van der Waals surface area contributed by atoms with Crippen molar-refractivity contribution in [1.82, 2.24) is 15.1 Å². The average molecular weight is 275 g/mol. The van der Waals surface area contributed by atoms with Crippen molar-refractivity contribution in [3.8, 4) is 0 Å². The van der Waals surface area contributed by atoms with Crippen molar-refractivity contribution in [2.24, 2.45) is 7.05 Å². The molecule has 1 aromatic heterocycles. The van der Waals surface area contributed by atoms with Gasteiger partial charge in [-0.3, -0.25) is 9.48 Å². The van der Waals surface area contributed by atoms with Crippen molar-refractivity contribution in [2.45, 2.75) is 18.2 Å². The van der Waals surface area contributed by atoms with Crippen molar-refractivity contribution in [2.75, 3.05) is 6.54 Å². The predicted octanol–water partition coefficient (Wildman–Crippen LogP) is 1.99. The van der Waals surface area contributed by atoms with Gasteiger partial charge in [0.25, 0.3) is 5.91 Å². The van der Waals surface area contributed by atoms with E-state index in [1.807, 2.05) is 38.5 Å². The van der Waals surface area contributed by atoms with Gasteiger partial charge in [-0.1, -0.05) is 6.07 Å². The van der Waals surface area contributed by atoms with E-state index < -0.39 is 0 Å². The lowest BCUT2D eigenvalue weighted by Crippen LogP contribution is -2.26. The molecule has 4 nitrogen and oxygen atoms in total. The molecule has 1 heterocycles. The monoisotopic (exact) mass is 275 g/mol. The molecule has 0 aliphatic carbocycles. The highest BCUT2D eigenvalue weighted by Gasteiger charge is 2.08. The maximum absolute atomic E-state index is 12.0. The third-order valence-electron chi connectivity index (χ3n) is 2.92. The van der Waals surface area contributed by atoms with Crippen LogP contribution in [0.3, 0.4) is 0 Å². The van der Waals surface area contributed by atoms with Crippen LogP contribution in [0.15, 0.2) is 35.5 Å². The van der Waals surface area contributed by atoms with E-state index in [4.69, 9.17) is 0 Å². The Bertz CT molecular complexity index is 592. The van der Waals surface area contributed by atoms with E-state index in [1.165, 1.54) is 0 Å². The van der Waals surface area contributed by atoms with E-state index in [0.29, 0.717) is 12.1 Å². The van der Waals surface area contributed by atoms with Crippen LogP contribution >= 0.6 is 12.6 Å². The maximum atomic E-state index is 12.0. The molecule has 5 heteroatoms. The number of carbonyl (C=O) groups is 1. The summed E-state index contributed by atoms with van der Waals surface area (Å²) in [4.78, 5) is 12.8. The van der Waals surface area contributed by atoms with E-state index in [1.54, 1.807) is 10.7 Å². The van der Waals surface area contributed by atoms with Crippen LogP contribution in [0, 0.1) is 6.92 Å². The molecule has 1 N–H and O–H groups in total. The van der Waals surface area contributed by atoms with E-state index >= 15 is 0 Å². The molecule has 2 rings (SSSR count). The van der Waals surface area contributed by atoms with Gasteiger partial charge < -0.3 is 5.32 Å². The molecule has 1 amide bonds. The van der Waals surface area contributed by atoms with Crippen molar-refractivity contribution >= 4 is 18.5 Å². The van der Waals surface area contributed by atoms with Gasteiger partial charge in [0.1, 0.15) is 0 Å². The number of aryl methyl sites for hydroxylation is 2. The number of thiol groups is 1. The fraction of sp³-hybridized carbons (Fsp3) is 0.286. The van der Waals surface area contributed by atoms with Crippen LogP contribution in [0.25, 0.3) is 0 Å². The first-order valence-corrected chi connectivity index (χ1v) is 6.56. The Labute approximate surface area is 118 Å². The highest BCUT2D eigenvalue weighted by atomic mass is 32.1. The van der Waals surface area contributed by atoms with Crippen molar-refractivity contribution < 1.29 is 4.79 Å². The zero-order chi connectivity index (χ0) is 13.8. The van der Waals surface area contributed by atoms with Crippen LogP contribution in [0.2, 0.25) is 0 Å². The van der Waals surface area contributed by atoms with Crippen LogP contribution < -0.4 is 5.32 Å². The summed E-state index contributed by atoms with van der Waals surface area (Å²) in [7, 11) is 1.88. The third-order valence-corrected chi connectivity index (χ3v) is 3.20. The molecule has 2 aromatic rings. The van der Waals surface area contributed by atoms with Gasteiger partial charge in [0.2, 0.25) is 0 Å². The molecule has 100 valence electrons. The normalized spacial score (nSPS) is 10.5. The van der Waals surface area contributed by atoms with Gasteiger partial charge in [0, 0.05) is 30.2 Å².